The number of rotatable bonds is 28. The van der Waals surface area contributed by atoms with E-state index in [1.165, 1.54) is 12.0 Å². The predicted molar refractivity (Wildman–Crippen MR) is 251 cm³/mol. The number of ether oxygens (including phenoxy) is 6. The Hall–Kier alpha value is -6.63. The molecule has 0 fully saturated rings. The maximum atomic E-state index is 13.3. The van der Waals surface area contributed by atoms with E-state index in [2.05, 4.69) is 31.0 Å². The van der Waals surface area contributed by atoms with Crippen LogP contribution in [0.5, 0.6) is 0 Å². The molecule has 3 N–H and O–H groups in total. The molecule has 0 aliphatic heterocycles. The highest BCUT2D eigenvalue weighted by Crippen LogP contribution is 2.32. The average Bonchev–Trinajstić information content (AvgIpc) is 3.30. The van der Waals surface area contributed by atoms with E-state index in [1.807, 2.05) is 67.6 Å². The molecule has 0 saturated heterocycles. The maximum Gasteiger partial charge on any atom is 0.416 e. The largest absolute Gasteiger partial charge is 0.469 e. The molecule has 4 amide bonds. The number of hydrogen-bond acceptors (Lipinski definition) is 13. The molecular formula is C48H62N8O11. The summed E-state index contributed by atoms with van der Waals surface area (Å²) in [6.45, 7) is 10.6. The fourth-order valence-corrected chi connectivity index (χ4v) is 6.58. The summed E-state index contributed by atoms with van der Waals surface area (Å²) in [7, 11) is 1.27. The molecular weight excluding hydrogens is 865 g/mol. The van der Waals surface area contributed by atoms with Gasteiger partial charge in [0.25, 0.3) is 5.91 Å². The lowest BCUT2D eigenvalue weighted by Crippen LogP contribution is -2.40. The van der Waals surface area contributed by atoms with Gasteiger partial charge in [-0.15, -0.1) is 0 Å². The minimum atomic E-state index is -0.755. The van der Waals surface area contributed by atoms with Crippen LogP contribution in [0.3, 0.4) is 0 Å². The molecule has 19 nitrogen and oxygen atoms in total. The molecule has 0 spiro atoms. The van der Waals surface area contributed by atoms with Crippen LogP contribution in [0, 0.1) is 6.92 Å². The van der Waals surface area contributed by atoms with Gasteiger partial charge in [0.1, 0.15) is 11.4 Å². The second-order valence-corrected chi connectivity index (χ2v) is 16.1. The van der Waals surface area contributed by atoms with Crippen molar-refractivity contribution in [2.24, 2.45) is 5.11 Å². The van der Waals surface area contributed by atoms with Gasteiger partial charge in [0, 0.05) is 42.7 Å². The van der Waals surface area contributed by atoms with Crippen molar-refractivity contribution in [2.75, 3.05) is 91.0 Å². The van der Waals surface area contributed by atoms with Gasteiger partial charge in [-0.2, -0.15) is 0 Å². The third-order valence-electron chi connectivity index (χ3n) is 9.80. The summed E-state index contributed by atoms with van der Waals surface area (Å²) in [5.41, 5.74) is 11.3. The van der Waals surface area contributed by atoms with Crippen molar-refractivity contribution in [1.29, 1.82) is 0 Å². The van der Waals surface area contributed by atoms with Gasteiger partial charge in [0.15, 0.2) is 0 Å². The molecule has 0 aliphatic rings. The van der Waals surface area contributed by atoms with Gasteiger partial charge in [0.2, 0.25) is 11.8 Å². The Bertz CT molecular complexity index is 2280. The zero-order valence-electron chi connectivity index (χ0n) is 38.9. The van der Waals surface area contributed by atoms with Crippen LogP contribution in [0.4, 0.5) is 10.6 Å². The van der Waals surface area contributed by atoms with Crippen LogP contribution in [0.15, 0.2) is 84.1 Å². The summed E-state index contributed by atoms with van der Waals surface area (Å²) >= 11 is 0. The predicted octanol–water partition coefficient (Wildman–Crippen LogP) is 6.38. The SMILES string of the molecule is COC(=O)C[C@H](NC(=O)CNC(=O)CCCN(C(=O)OC(C)(C)C)c1cc(C)ccn1)c1ccc(-c2ccc(C(=O)NCCOCCOCCOCCOCCN=[N+]=[N-])c3ccccc23)cc1. The number of nitrogens with one attached hydrogen (secondary N) is 3. The van der Waals surface area contributed by atoms with Crippen LogP contribution in [-0.4, -0.2) is 127 Å². The number of benzene rings is 3. The van der Waals surface area contributed by atoms with Gasteiger partial charge < -0.3 is 44.4 Å². The molecule has 19 heteroatoms. The lowest BCUT2D eigenvalue weighted by molar-refractivity contribution is -0.141. The molecule has 360 valence electrons. The number of carbonyl (C=O) groups excluding carboxylic acids is 5. The molecule has 4 aromatic rings. The van der Waals surface area contributed by atoms with Crippen molar-refractivity contribution in [3.05, 3.63) is 106 Å². The summed E-state index contributed by atoms with van der Waals surface area (Å²) in [5.74, 6) is -1.27. The van der Waals surface area contributed by atoms with E-state index in [0.717, 1.165) is 27.5 Å². The summed E-state index contributed by atoms with van der Waals surface area (Å²) in [5, 5.41) is 13.4. The van der Waals surface area contributed by atoms with E-state index in [1.54, 1.807) is 39.1 Å². The summed E-state index contributed by atoms with van der Waals surface area (Å²) < 4.78 is 32.3. The molecule has 3 aromatic carbocycles. The smallest absolute Gasteiger partial charge is 0.416 e. The molecule has 0 unspecified atom stereocenters. The summed E-state index contributed by atoms with van der Waals surface area (Å²) in [6, 6.07) is 21.5. The summed E-state index contributed by atoms with van der Waals surface area (Å²) in [4.78, 5) is 73.1. The Balaban J connectivity index is 1.26. The topological polar surface area (TPSA) is 242 Å². The first-order valence-corrected chi connectivity index (χ1v) is 22.1. The molecule has 67 heavy (non-hydrogen) atoms. The Kier molecular flexibility index (Phi) is 22.5. The van der Waals surface area contributed by atoms with Gasteiger partial charge in [-0.25, -0.2) is 9.78 Å². The highest BCUT2D eigenvalue weighted by atomic mass is 16.6. The van der Waals surface area contributed by atoms with Gasteiger partial charge >= 0.3 is 12.1 Å². The highest BCUT2D eigenvalue weighted by Gasteiger charge is 2.25. The van der Waals surface area contributed by atoms with Crippen molar-refractivity contribution in [3.63, 3.8) is 0 Å². The molecule has 0 saturated carbocycles. The van der Waals surface area contributed by atoms with Crippen LogP contribution >= 0.6 is 0 Å². The standard InChI is InChI=1S/C48H62N8O11/c1-34-18-19-50-42(31-34)56(47(61)67-48(2,3)4)22-8-11-43(57)52-33-44(58)54-41(32-45(59)62-5)36-14-12-35(13-15-36)37-16-17-40(39-10-7-6-9-38(37)39)46(60)51-20-23-63-25-27-65-29-30-66-28-26-64-24-21-53-55-49/h6-7,9-10,12-19,31,41H,8,11,20-30,32-33H2,1-5H3,(H,51,60)(H,52,57)(H,54,58)/t41-/m0/s1. The highest BCUT2D eigenvalue weighted by molar-refractivity contribution is 6.11. The van der Waals surface area contributed by atoms with E-state index in [-0.39, 0.29) is 44.8 Å². The van der Waals surface area contributed by atoms with Crippen LogP contribution < -0.4 is 20.9 Å². The Labute approximate surface area is 390 Å². The second-order valence-electron chi connectivity index (χ2n) is 16.1. The van der Waals surface area contributed by atoms with Crippen LogP contribution in [0.2, 0.25) is 0 Å². The summed E-state index contributed by atoms with van der Waals surface area (Å²) in [6.07, 6.45) is 1.17. The monoisotopic (exact) mass is 926 g/mol. The third-order valence-corrected chi connectivity index (χ3v) is 9.80. The van der Waals surface area contributed by atoms with Crippen molar-refractivity contribution in [3.8, 4) is 11.1 Å². The second kappa shape index (κ2) is 28.4. The molecule has 0 radical (unpaired) electrons. The van der Waals surface area contributed by atoms with Gasteiger partial charge in [-0.05, 0) is 90.9 Å². The Morgan fingerprint density at radius 1 is 0.806 bits per heavy atom. The number of nitrogens with zero attached hydrogens (tertiary/aromatic N) is 5. The van der Waals surface area contributed by atoms with E-state index in [0.29, 0.717) is 76.3 Å². The lowest BCUT2D eigenvalue weighted by atomic mass is 9.93. The van der Waals surface area contributed by atoms with E-state index in [9.17, 15) is 24.0 Å². The van der Waals surface area contributed by atoms with Crippen LogP contribution in [0.1, 0.15) is 67.6 Å². The number of methoxy groups -OCH3 is 1. The average molecular weight is 927 g/mol. The van der Waals surface area contributed by atoms with Crippen molar-refractivity contribution in [1.82, 2.24) is 20.9 Å². The van der Waals surface area contributed by atoms with Crippen LogP contribution in [-0.2, 0) is 42.8 Å². The number of esters is 1. The minimum absolute atomic E-state index is 0.0265. The molecule has 4 rings (SSSR count). The maximum absolute atomic E-state index is 13.3. The number of aryl methyl sites for hydroxylation is 1. The number of anilines is 1. The zero-order chi connectivity index (χ0) is 48.4. The number of fused-ring (bicyclic) bond motifs is 1. The number of azide groups is 1. The van der Waals surface area contributed by atoms with Crippen molar-refractivity contribution in [2.45, 2.75) is 58.6 Å². The van der Waals surface area contributed by atoms with Crippen molar-refractivity contribution >= 4 is 46.4 Å². The molecule has 0 aliphatic carbocycles. The molecule has 1 aromatic heterocycles. The first-order chi connectivity index (χ1) is 32.3. The number of amides is 4. The Morgan fingerprint density at radius 3 is 2.10 bits per heavy atom. The molecule has 0 bridgehead atoms. The quantitative estimate of drug-likeness (QED) is 0.0185. The third kappa shape index (κ3) is 19.0. The zero-order valence-corrected chi connectivity index (χ0v) is 38.9. The Morgan fingerprint density at radius 2 is 1.46 bits per heavy atom. The van der Waals surface area contributed by atoms with E-state index in [4.69, 9.17) is 34.0 Å². The van der Waals surface area contributed by atoms with Gasteiger partial charge in [-0.3, -0.25) is 24.1 Å². The van der Waals surface area contributed by atoms with Crippen molar-refractivity contribution < 1.29 is 52.4 Å². The van der Waals surface area contributed by atoms with E-state index < -0.39 is 35.5 Å². The van der Waals surface area contributed by atoms with Crippen LogP contribution in [0.25, 0.3) is 32.3 Å². The number of pyridine rings is 1. The minimum Gasteiger partial charge on any atom is -0.469 e. The fraction of sp³-hybridized carbons (Fsp3) is 0.458. The van der Waals surface area contributed by atoms with Gasteiger partial charge in [0.05, 0.1) is 79.0 Å². The van der Waals surface area contributed by atoms with Gasteiger partial charge in [-0.1, -0.05) is 59.7 Å². The number of hydrogen-bond donors (Lipinski definition) is 3. The fourth-order valence-electron chi connectivity index (χ4n) is 6.58. The number of carbonyl (C=O) groups is 5. The van der Waals surface area contributed by atoms with E-state index >= 15 is 0 Å². The lowest BCUT2D eigenvalue weighted by Gasteiger charge is -2.27. The normalized spacial score (nSPS) is 11.5. The first kappa shape index (κ1) is 53.0. The molecule has 1 atom stereocenters. The first-order valence-electron chi connectivity index (χ1n) is 22.1. The molecule has 1 heterocycles. The number of aromatic nitrogens is 1.